The second-order valence-electron chi connectivity index (χ2n) is 4.62. The highest BCUT2D eigenvalue weighted by atomic mass is 14.7. The first kappa shape index (κ1) is 9.46. The number of pyridine rings is 1. The van der Waals surface area contributed by atoms with Crippen LogP contribution in [0.1, 0.15) is 16.8 Å². The van der Waals surface area contributed by atoms with Crippen molar-refractivity contribution in [2.75, 3.05) is 0 Å². The number of rotatable bonds is 0. The Morgan fingerprint density at radius 1 is 1.00 bits per heavy atom. The number of aryl methyl sites for hydroxylation is 3. The van der Waals surface area contributed by atoms with Crippen LogP contribution in [-0.2, 0) is 0 Å². The predicted molar refractivity (Wildman–Crippen MR) is 69.1 cm³/mol. The SMILES string of the molecule is Cc1ccc2c3c(C)c[nH]c(C)c-3cc2c1. The van der Waals surface area contributed by atoms with Crippen molar-refractivity contribution in [2.45, 2.75) is 20.8 Å². The molecule has 1 aromatic rings. The van der Waals surface area contributed by atoms with Gasteiger partial charge in [-0.05, 0) is 48.7 Å². The average molecular weight is 209 g/mol. The molecule has 3 rings (SSSR count). The van der Waals surface area contributed by atoms with Gasteiger partial charge in [0.1, 0.15) is 0 Å². The molecule has 0 saturated heterocycles. The van der Waals surface area contributed by atoms with E-state index in [0.717, 1.165) is 0 Å². The summed E-state index contributed by atoms with van der Waals surface area (Å²) in [6.45, 7) is 6.44. The zero-order valence-electron chi connectivity index (χ0n) is 9.89. The normalized spacial score (nSPS) is 11.4. The van der Waals surface area contributed by atoms with Crippen LogP contribution in [0.4, 0.5) is 0 Å². The van der Waals surface area contributed by atoms with Crippen molar-refractivity contribution >= 4 is 10.8 Å². The molecule has 0 spiro atoms. The molecule has 1 aromatic carbocycles. The molecule has 2 aliphatic rings. The Morgan fingerprint density at radius 2 is 1.81 bits per heavy atom. The molecule has 1 aliphatic carbocycles. The first-order chi connectivity index (χ1) is 7.66. The first-order valence-electron chi connectivity index (χ1n) is 5.64. The maximum atomic E-state index is 3.32. The fourth-order valence-electron chi connectivity index (χ4n) is 2.49. The van der Waals surface area contributed by atoms with Gasteiger partial charge in [0.15, 0.2) is 0 Å². The molecule has 0 radical (unpaired) electrons. The van der Waals surface area contributed by atoms with E-state index in [2.05, 4.69) is 56.2 Å². The molecule has 16 heavy (non-hydrogen) atoms. The van der Waals surface area contributed by atoms with Gasteiger partial charge >= 0.3 is 0 Å². The van der Waals surface area contributed by atoms with Gasteiger partial charge in [-0.15, -0.1) is 0 Å². The molecule has 0 aromatic heterocycles. The lowest BCUT2D eigenvalue weighted by molar-refractivity contribution is 1.18. The van der Waals surface area contributed by atoms with Crippen LogP contribution in [0, 0.1) is 20.8 Å². The summed E-state index contributed by atoms with van der Waals surface area (Å²) in [5.74, 6) is 0. The monoisotopic (exact) mass is 209 g/mol. The molecule has 1 heteroatoms. The third kappa shape index (κ3) is 1.18. The average Bonchev–Trinajstić information content (AvgIpc) is 2.63. The Balaban J connectivity index is 2.53. The maximum Gasteiger partial charge on any atom is 0.0195 e. The van der Waals surface area contributed by atoms with E-state index < -0.39 is 0 Å². The van der Waals surface area contributed by atoms with E-state index in [9.17, 15) is 0 Å². The van der Waals surface area contributed by atoms with Crippen LogP contribution in [0.2, 0.25) is 0 Å². The summed E-state index contributed by atoms with van der Waals surface area (Å²) in [6, 6.07) is 8.97. The molecular weight excluding hydrogens is 194 g/mol. The van der Waals surface area contributed by atoms with E-state index >= 15 is 0 Å². The number of aromatic nitrogens is 1. The quantitative estimate of drug-likeness (QED) is 0.571. The van der Waals surface area contributed by atoms with E-state index in [1.807, 2.05) is 0 Å². The lowest BCUT2D eigenvalue weighted by Crippen LogP contribution is -1.89. The van der Waals surface area contributed by atoms with E-state index in [1.165, 1.54) is 38.7 Å². The minimum Gasteiger partial charge on any atom is -0.364 e. The number of H-pyrrole nitrogens is 1. The minimum atomic E-state index is 1.24. The van der Waals surface area contributed by atoms with Crippen molar-refractivity contribution in [1.82, 2.24) is 4.98 Å². The van der Waals surface area contributed by atoms with Crippen molar-refractivity contribution in [2.24, 2.45) is 0 Å². The molecular formula is C15H15N. The topological polar surface area (TPSA) is 15.8 Å². The van der Waals surface area contributed by atoms with Crippen LogP contribution in [0.3, 0.4) is 0 Å². The Hall–Kier alpha value is -1.76. The highest BCUT2D eigenvalue weighted by molar-refractivity contribution is 6.04. The van der Waals surface area contributed by atoms with Crippen LogP contribution in [0.15, 0.2) is 30.5 Å². The van der Waals surface area contributed by atoms with Crippen molar-refractivity contribution in [1.29, 1.82) is 0 Å². The number of benzene rings is 1. The smallest absolute Gasteiger partial charge is 0.0195 e. The van der Waals surface area contributed by atoms with Gasteiger partial charge in [-0.25, -0.2) is 0 Å². The number of hydrogen-bond acceptors (Lipinski definition) is 0. The number of hydrogen-bond donors (Lipinski definition) is 1. The molecule has 1 N–H and O–H groups in total. The minimum absolute atomic E-state index is 1.24. The van der Waals surface area contributed by atoms with E-state index in [-0.39, 0.29) is 0 Å². The summed E-state index contributed by atoms with van der Waals surface area (Å²) < 4.78 is 0. The number of nitrogens with one attached hydrogen (secondary N) is 1. The third-order valence-corrected chi connectivity index (χ3v) is 3.35. The lowest BCUT2D eigenvalue weighted by atomic mass is 10.0. The Morgan fingerprint density at radius 3 is 2.62 bits per heavy atom. The van der Waals surface area contributed by atoms with Gasteiger partial charge in [0, 0.05) is 17.5 Å². The summed E-state index contributed by atoms with van der Waals surface area (Å²) in [5, 5.41) is 2.72. The van der Waals surface area contributed by atoms with Crippen LogP contribution in [-0.4, -0.2) is 4.98 Å². The van der Waals surface area contributed by atoms with Crippen molar-refractivity contribution < 1.29 is 0 Å². The Labute approximate surface area is 95.5 Å². The summed E-state index contributed by atoms with van der Waals surface area (Å²) in [6.07, 6.45) is 2.09. The molecule has 1 nitrogen and oxygen atoms in total. The highest BCUT2D eigenvalue weighted by Crippen LogP contribution is 2.38. The fourth-order valence-corrected chi connectivity index (χ4v) is 2.49. The molecule has 1 aliphatic heterocycles. The van der Waals surface area contributed by atoms with Crippen molar-refractivity contribution in [3.8, 4) is 11.1 Å². The second kappa shape index (κ2) is 3.11. The summed E-state index contributed by atoms with van der Waals surface area (Å²) in [5.41, 5.74) is 6.63. The second-order valence-corrected chi connectivity index (χ2v) is 4.62. The van der Waals surface area contributed by atoms with Crippen LogP contribution in [0.5, 0.6) is 0 Å². The zero-order valence-corrected chi connectivity index (χ0v) is 9.89. The summed E-state index contributed by atoms with van der Waals surface area (Å²) in [7, 11) is 0. The highest BCUT2D eigenvalue weighted by Gasteiger charge is 2.14. The van der Waals surface area contributed by atoms with Gasteiger partial charge < -0.3 is 4.98 Å². The molecule has 0 amide bonds. The van der Waals surface area contributed by atoms with Gasteiger partial charge in [0.05, 0.1) is 0 Å². The number of fused-ring (bicyclic) bond motifs is 3. The van der Waals surface area contributed by atoms with E-state index in [0.29, 0.717) is 0 Å². The fraction of sp³-hybridized carbons (Fsp3) is 0.200. The molecule has 0 unspecified atom stereocenters. The molecule has 0 atom stereocenters. The maximum absolute atomic E-state index is 3.32. The van der Waals surface area contributed by atoms with Crippen LogP contribution >= 0.6 is 0 Å². The molecule has 80 valence electrons. The molecule has 1 heterocycles. The largest absolute Gasteiger partial charge is 0.364 e. The van der Waals surface area contributed by atoms with Gasteiger partial charge in [0.25, 0.3) is 0 Å². The lowest BCUT2D eigenvalue weighted by Gasteiger charge is -2.07. The Kier molecular flexibility index (Phi) is 1.84. The van der Waals surface area contributed by atoms with Crippen molar-refractivity contribution in [3.63, 3.8) is 0 Å². The molecule has 0 bridgehead atoms. The molecule has 0 saturated carbocycles. The molecule has 0 fully saturated rings. The third-order valence-electron chi connectivity index (χ3n) is 3.35. The van der Waals surface area contributed by atoms with Gasteiger partial charge in [0.2, 0.25) is 0 Å². The summed E-state index contributed by atoms with van der Waals surface area (Å²) >= 11 is 0. The Bertz CT molecular complexity index is 646. The van der Waals surface area contributed by atoms with E-state index in [1.54, 1.807) is 0 Å². The zero-order chi connectivity index (χ0) is 11.3. The summed E-state index contributed by atoms with van der Waals surface area (Å²) in [4.78, 5) is 3.32. The van der Waals surface area contributed by atoms with Gasteiger partial charge in [-0.1, -0.05) is 23.8 Å². The van der Waals surface area contributed by atoms with Crippen molar-refractivity contribution in [3.05, 3.63) is 47.3 Å². The number of aromatic amines is 1. The van der Waals surface area contributed by atoms with Gasteiger partial charge in [-0.3, -0.25) is 0 Å². The van der Waals surface area contributed by atoms with Gasteiger partial charge in [-0.2, -0.15) is 0 Å². The standard InChI is InChI=1S/C15H15N/c1-9-4-5-13-12(6-9)7-14-11(3)16-8-10(2)15(13)14/h4-8,16H,1-3H3. The van der Waals surface area contributed by atoms with Crippen LogP contribution < -0.4 is 0 Å². The predicted octanol–water partition coefficient (Wildman–Crippen LogP) is 4.20. The van der Waals surface area contributed by atoms with E-state index in [4.69, 9.17) is 0 Å². The first-order valence-corrected chi connectivity index (χ1v) is 5.64. The van der Waals surface area contributed by atoms with Crippen LogP contribution in [0.25, 0.3) is 21.9 Å².